The Hall–Kier alpha value is -1.50. The van der Waals surface area contributed by atoms with Crippen molar-refractivity contribution in [2.24, 2.45) is 0 Å². The Labute approximate surface area is 119 Å². The van der Waals surface area contributed by atoms with Gasteiger partial charge in [0.25, 0.3) is 0 Å². The molecule has 8 heteroatoms. The molecular weight excluding hydrogens is 295 g/mol. The summed E-state index contributed by atoms with van der Waals surface area (Å²) in [7, 11) is 0. The van der Waals surface area contributed by atoms with Crippen molar-refractivity contribution in [1.82, 2.24) is 10.3 Å². The Balaban J connectivity index is 2.68. The van der Waals surface area contributed by atoms with Gasteiger partial charge >= 0.3 is 6.18 Å². The fraction of sp³-hybridized carbons (Fsp3) is 0.500. The first-order valence-electron chi connectivity index (χ1n) is 5.76. The number of hydrogen-bond donors (Lipinski definition) is 2. The van der Waals surface area contributed by atoms with E-state index in [1.807, 2.05) is 20.8 Å². The van der Waals surface area contributed by atoms with Gasteiger partial charge in [-0.15, -0.1) is 0 Å². The molecule has 0 saturated carbocycles. The molecule has 0 aliphatic heterocycles. The highest BCUT2D eigenvalue weighted by molar-refractivity contribution is 6.33. The highest BCUT2D eigenvalue weighted by atomic mass is 35.5. The number of nitrogens with one attached hydrogen (secondary N) is 2. The van der Waals surface area contributed by atoms with Gasteiger partial charge in [-0.25, -0.2) is 4.98 Å². The standard InChI is InChI=1S/C12H15ClF3N3O/c1-11(2,3)19-9(20)6-18-10-8(13)4-7(5-17-10)12(14,15)16/h4-5H,6H2,1-3H3,(H,17,18)(H,19,20). The van der Waals surface area contributed by atoms with Crippen molar-refractivity contribution in [2.75, 3.05) is 11.9 Å². The molecule has 1 amide bonds. The molecule has 1 rings (SSSR count). The number of alkyl halides is 3. The third-order valence-electron chi connectivity index (χ3n) is 2.10. The van der Waals surface area contributed by atoms with Crippen LogP contribution in [-0.4, -0.2) is 23.0 Å². The van der Waals surface area contributed by atoms with E-state index in [1.165, 1.54) is 0 Å². The highest BCUT2D eigenvalue weighted by Gasteiger charge is 2.31. The fourth-order valence-electron chi connectivity index (χ4n) is 1.35. The Morgan fingerprint density at radius 2 is 1.95 bits per heavy atom. The van der Waals surface area contributed by atoms with Crippen molar-refractivity contribution in [1.29, 1.82) is 0 Å². The van der Waals surface area contributed by atoms with Crippen LogP contribution in [0.4, 0.5) is 19.0 Å². The van der Waals surface area contributed by atoms with E-state index in [1.54, 1.807) is 0 Å². The Morgan fingerprint density at radius 3 is 2.40 bits per heavy atom. The summed E-state index contributed by atoms with van der Waals surface area (Å²) in [4.78, 5) is 15.1. The van der Waals surface area contributed by atoms with E-state index in [-0.39, 0.29) is 23.3 Å². The number of aromatic nitrogens is 1. The van der Waals surface area contributed by atoms with E-state index in [9.17, 15) is 18.0 Å². The second-order valence-electron chi connectivity index (χ2n) is 5.20. The lowest BCUT2D eigenvalue weighted by atomic mass is 10.1. The number of pyridine rings is 1. The fourth-order valence-corrected chi connectivity index (χ4v) is 1.58. The van der Waals surface area contributed by atoms with Crippen molar-refractivity contribution in [3.8, 4) is 0 Å². The van der Waals surface area contributed by atoms with E-state index in [0.717, 1.165) is 6.07 Å². The SMILES string of the molecule is CC(C)(C)NC(=O)CNc1ncc(C(F)(F)F)cc1Cl. The van der Waals surface area contributed by atoms with Crippen LogP contribution in [0, 0.1) is 0 Å². The van der Waals surface area contributed by atoms with Crippen molar-refractivity contribution in [2.45, 2.75) is 32.5 Å². The van der Waals surface area contributed by atoms with E-state index in [2.05, 4.69) is 15.6 Å². The first kappa shape index (κ1) is 16.6. The van der Waals surface area contributed by atoms with Gasteiger partial charge in [-0.3, -0.25) is 4.79 Å². The summed E-state index contributed by atoms with van der Waals surface area (Å²) in [5, 5.41) is 5.09. The molecule has 0 fully saturated rings. The van der Waals surface area contributed by atoms with Gasteiger partial charge in [-0.1, -0.05) is 11.6 Å². The van der Waals surface area contributed by atoms with E-state index in [0.29, 0.717) is 6.20 Å². The summed E-state index contributed by atoms with van der Waals surface area (Å²) in [6.07, 6.45) is -3.84. The van der Waals surface area contributed by atoms with E-state index in [4.69, 9.17) is 11.6 Å². The van der Waals surface area contributed by atoms with E-state index < -0.39 is 17.3 Å². The van der Waals surface area contributed by atoms with Gasteiger partial charge in [0.2, 0.25) is 5.91 Å². The summed E-state index contributed by atoms with van der Waals surface area (Å²) in [6, 6.07) is 0.762. The maximum atomic E-state index is 12.4. The molecule has 0 aliphatic rings. The van der Waals surface area contributed by atoms with Crippen LogP contribution < -0.4 is 10.6 Å². The summed E-state index contributed by atoms with van der Waals surface area (Å²) < 4.78 is 37.2. The Kier molecular flexibility index (Phi) is 4.86. The molecule has 1 heterocycles. The van der Waals surface area contributed by atoms with Crippen LogP contribution in [0.1, 0.15) is 26.3 Å². The van der Waals surface area contributed by atoms with Crippen LogP contribution in [0.2, 0.25) is 5.02 Å². The van der Waals surface area contributed by atoms with E-state index >= 15 is 0 Å². The molecule has 0 saturated heterocycles. The Bertz CT molecular complexity index is 498. The Morgan fingerprint density at radius 1 is 1.35 bits per heavy atom. The summed E-state index contributed by atoms with van der Waals surface area (Å²) in [5.41, 5.74) is -1.33. The first-order chi connectivity index (χ1) is 8.99. The highest BCUT2D eigenvalue weighted by Crippen LogP contribution is 2.32. The summed E-state index contributed by atoms with van der Waals surface area (Å²) >= 11 is 5.70. The smallest absolute Gasteiger partial charge is 0.360 e. The lowest BCUT2D eigenvalue weighted by molar-refractivity contribution is -0.137. The molecule has 0 unspecified atom stereocenters. The molecule has 2 N–H and O–H groups in total. The van der Waals surface area contributed by atoms with Gasteiger partial charge in [0.1, 0.15) is 5.82 Å². The summed E-state index contributed by atoms with van der Waals surface area (Å²) in [6.45, 7) is 5.31. The largest absolute Gasteiger partial charge is 0.417 e. The number of rotatable bonds is 3. The lowest BCUT2D eigenvalue weighted by Crippen LogP contribution is -2.43. The number of carbonyl (C=O) groups is 1. The van der Waals surface area contributed by atoms with Gasteiger partial charge < -0.3 is 10.6 Å². The molecule has 4 nitrogen and oxygen atoms in total. The van der Waals surface area contributed by atoms with Crippen LogP contribution in [0.3, 0.4) is 0 Å². The zero-order valence-corrected chi connectivity index (χ0v) is 12.0. The van der Waals surface area contributed by atoms with Crippen molar-refractivity contribution in [3.05, 3.63) is 22.8 Å². The quantitative estimate of drug-likeness (QED) is 0.902. The molecule has 0 aromatic carbocycles. The van der Waals surface area contributed by atoms with Crippen LogP contribution >= 0.6 is 11.6 Å². The monoisotopic (exact) mass is 309 g/mol. The summed E-state index contributed by atoms with van der Waals surface area (Å²) in [5.74, 6) is -0.279. The number of anilines is 1. The minimum Gasteiger partial charge on any atom is -0.360 e. The van der Waals surface area contributed by atoms with Gasteiger partial charge in [0.05, 0.1) is 17.1 Å². The third-order valence-corrected chi connectivity index (χ3v) is 2.39. The van der Waals surface area contributed by atoms with Crippen molar-refractivity contribution < 1.29 is 18.0 Å². The molecule has 0 bridgehead atoms. The maximum absolute atomic E-state index is 12.4. The number of hydrogen-bond acceptors (Lipinski definition) is 3. The molecule has 0 radical (unpaired) electrons. The molecule has 0 atom stereocenters. The minimum atomic E-state index is -4.50. The average molecular weight is 310 g/mol. The first-order valence-corrected chi connectivity index (χ1v) is 6.14. The average Bonchev–Trinajstić information content (AvgIpc) is 2.23. The number of halogens is 4. The zero-order valence-electron chi connectivity index (χ0n) is 11.2. The molecular formula is C12H15ClF3N3O. The predicted octanol–water partition coefficient (Wildman–Crippen LogP) is 3.08. The third kappa shape index (κ3) is 5.24. The second-order valence-corrected chi connectivity index (χ2v) is 5.61. The molecule has 0 aliphatic carbocycles. The molecule has 20 heavy (non-hydrogen) atoms. The minimum absolute atomic E-state index is 0.0312. The van der Waals surface area contributed by atoms with Crippen LogP contribution in [0.15, 0.2) is 12.3 Å². The normalized spacial score (nSPS) is 12.2. The number of amides is 1. The second kappa shape index (κ2) is 5.87. The van der Waals surface area contributed by atoms with Gasteiger partial charge in [-0.2, -0.15) is 13.2 Å². The molecule has 1 aromatic rings. The van der Waals surface area contributed by atoms with Crippen LogP contribution in [-0.2, 0) is 11.0 Å². The number of nitrogens with zero attached hydrogens (tertiary/aromatic N) is 1. The lowest BCUT2D eigenvalue weighted by Gasteiger charge is -2.20. The maximum Gasteiger partial charge on any atom is 0.417 e. The predicted molar refractivity (Wildman–Crippen MR) is 70.6 cm³/mol. The topological polar surface area (TPSA) is 54.0 Å². The zero-order chi connectivity index (χ0) is 15.6. The molecule has 0 spiro atoms. The van der Waals surface area contributed by atoms with Gasteiger partial charge in [-0.05, 0) is 26.8 Å². The van der Waals surface area contributed by atoms with Gasteiger partial charge in [0.15, 0.2) is 0 Å². The van der Waals surface area contributed by atoms with Crippen LogP contribution in [0.5, 0.6) is 0 Å². The molecule has 1 aromatic heterocycles. The van der Waals surface area contributed by atoms with Crippen LogP contribution in [0.25, 0.3) is 0 Å². The van der Waals surface area contributed by atoms with Gasteiger partial charge in [0, 0.05) is 11.7 Å². The van der Waals surface area contributed by atoms with Crippen molar-refractivity contribution >= 4 is 23.3 Å². The molecule has 112 valence electrons. The van der Waals surface area contributed by atoms with Crippen molar-refractivity contribution in [3.63, 3.8) is 0 Å². The number of carbonyl (C=O) groups excluding carboxylic acids is 1.